The Balaban J connectivity index is 2.35. The van der Waals surface area contributed by atoms with E-state index in [0.29, 0.717) is 5.56 Å². The topological polar surface area (TPSA) is 76.4 Å². The van der Waals surface area contributed by atoms with Crippen LogP contribution in [0.25, 0.3) is 0 Å². The first-order chi connectivity index (χ1) is 8.31. The van der Waals surface area contributed by atoms with Crippen LogP contribution in [0.1, 0.15) is 11.1 Å². The highest BCUT2D eigenvalue weighted by Gasteiger charge is 2.32. The van der Waals surface area contributed by atoms with Gasteiger partial charge >= 0.3 is 6.18 Å². The summed E-state index contributed by atoms with van der Waals surface area (Å²) in [6, 6.07) is 4.50. The first kappa shape index (κ1) is 12.4. The number of halogens is 3. The minimum Gasteiger partial charge on any atom is -0.370 e. The molecule has 4 nitrogen and oxygen atoms in total. The Morgan fingerprint density at radius 3 is 2.28 bits per heavy atom. The normalized spacial score (nSPS) is 23.4. The molecular formula is C11H11F3N4. The average molecular weight is 256 g/mol. The first-order valence-corrected chi connectivity index (χ1v) is 5.07. The Labute approximate surface area is 101 Å². The summed E-state index contributed by atoms with van der Waals surface area (Å²) in [5.41, 5.74) is 9.89. The summed E-state index contributed by atoms with van der Waals surface area (Å²) in [5, 5.41) is 2.63. The molecule has 1 atom stereocenters. The molecule has 1 aliphatic heterocycles. The van der Waals surface area contributed by atoms with Crippen molar-refractivity contribution >= 4 is 5.96 Å². The van der Waals surface area contributed by atoms with E-state index < -0.39 is 17.4 Å². The molecule has 1 aromatic carbocycles. The van der Waals surface area contributed by atoms with Gasteiger partial charge in [0.25, 0.3) is 0 Å². The van der Waals surface area contributed by atoms with Gasteiger partial charge in [-0.15, -0.1) is 0 Å². The number of benzene rings is 1. The van der Waals surface area contributed by atoms with Crippen LogP contribution in [0, 0.1) is 0 Å². The second-order valence-electron chi connectivity index (χ2n) is 3.88. The predicted octanol–water partition coefficient (Wildman–Crippen LogP) is 1.25. The summed E-state index contributed by atoms with van der Waals surface area (Å²) < 4.78 is 37.2. The van der Waals surface area contributed by atoms with E-state index in [2.05, 4.69) is 10.3 Å². The van der Waals surface area contributed by atoms with Gasteiger partial charge in [-0.05, 0) is 23.8 Å². The number of guanidine groups is 1. The van der Waals surface area contributed by atoms with Crippen LogP contribution >= 0.6 is 0 Å². The molecule has 96 valence electrons. The molecule has 1 unspecified atom stereocenters. The van der Waals surface area contributed by atoms with Gasteiger partial charge < -0.3 is 11.1 Å². The molecule has 0 spiro atoms. The zero-order chi connectivity index (χ0) is 13.4. The van der Waals surface area contributed by atoms with Crippen LogP contribution in [-0.4, -0.2) is 5.96 Å². The standard InChI is InChI=1S/C11H11F3N4/c12-11(13,14)8-3-1-7(2-4-8)10(16)5-6-17-9(15)18-10/h1-6H,16H2,(H3,15,17,18). The number of rotatable bonds is 1. The fraction of sp³-hybridized carbons (Fsp3) is 0.182. The van der Waals surface area contributed by atoms with Gasteiger partial charge in [-0.3, -0.25) is 5.73 Å². The van der Waals surface area contributed by atoms with Crippen molar-refractivity contribution in [2.24, 2.45) is 16.5 Å². The van der Waals surface area contributed by atoms with Crippen LogP contribution in [0.5, 0.6) is 0 Å². The van der Waals surface area contributed by atoms with E-state index in [0.717, 1.165) is 12.1 Å². The second-order valence-corrected chi connectivity index (χ2v) is 3.88. The molecule has 7 heteroatoms. The third-order valence-electron chi connectivity index (χ3n) is 2.55. The minimum atomic E-state index is -4.37. The third kappa shape index (κ3) is 2.30. The van der Waals surface area contributed by atoms with Gasteiger partial charge in [-0.1, -0.05) is 12.1 Å². The van der Waals surface area contributed by atoms with Crippen LogP contribution in [0.15, 0.2) is 41.5 Å². The largest absolute Gasteiger partial charge is 0.416 e. The van der Waals surface area contributed by atoms with Crippen LogP contribution in [0.4, 0.5) is 13.2 Å². The lowest BCUT2D eigenvalue weighted by molar-refractivity contribution is -0.137. The van der Waals surface area contributed by atoms with Crippen molar-refractivity contribution in [1.82, 2.24) is 5.32 Å². The maximum Gasteiger partial charge on any atom is 0.416 e. The monoisotopic (exact) mass is 256 g/mol. The number of nitrogens with one attached hydrogen (secondary N) is 1. The zero-order valence-corrected chi connectivity index (χ0v) is 9.20. The highest BCUT2D eigenvalue weighted by atomic mass is 19.4. The molecule has 2 rings (SSSR count). The molecule has 0 aromatic heterocycles. The minimum absolute atomic E-state index is 0.111. The Kier molecular flexibility index (Phi) is 2.78. The van der Waals surface area contributed by atoms with E-state index >= 15 is 0 Å². The Morgan fingerprint density at radius 2 is 1.78 bits per heavy atom. The Bertz CT molecular complexity index is 504. The van der Waals surface area contributed by atoms with Crippen LogP contribution in [0.3, 0.4) is 0 Å². The summed E-state index contributed by atoms with van der Waals surface area (Å²) >= 11 is 0. The zero-order valence-electron chi connectivity index (χ0n) is 9.20. The maximum absolute atomic E-state index is 12.4. The average Bonchev–Trinajstić information content (AvgIpc) is 2.28. The van der Waals surface area contributed by atoms with Gasteiger partial charge in [0.2, 0.25) is 0 Å². The summed E-state index contributed by atoms with van der Waals surface area (Å²) in [4.78, 5) is 3.97. The molecule has 0 saturated carbocycles. The number of alkyl halides is 3. The summed E-state index contributed by atoms with van der Waals surface area (Å²) in [6.45, 7) is 0. The number of aliphatic imine (C=N–C) groups is 1. The molecule has 1 aliphatic rings. The fourth-order valence-corrected chi connectivity index (χ4v) is 1.61. The van der Waals surface area contributed by atoms with E-state index in [9.17, 15) is 13.2 Å². The van der Waals surface area contributed by atoms with Crippen molar-refractivity contribution in [1.29, 1.82) is 0 Å². The quantitative estimate of drug-likeness (QED) is 0.707. The van der Waals surface area contributed by atoms with Gasteiger partial charge in [0.05, 0.1) is 5.56 Å². The smallest absolute Gasteiger partial charge is 0.370 e. The second kappa shape index (κ2) is 4.02. The molecule has 0 fully saturated rings. The Hall–Kier alpha value is -2.02. The van der Waals surface area contributed by atoms with Crippen molar-refractivity contribution < 1.29 is 13.2 Å². The molecule has 0 saturated heterocycles. The molecule has 0 radical (unpaired) electrons. The van der Waals surface area contributed by atoms with Crippen LogP contribution < -0.4 is 16.8 Å². The van der Waals surface area contributed by atoms with Crippen molar-refractivity contribution in [2.45, 2.75) is 11.8 Å². The van der Waals surface area contributed by atoms with E-state index in [1.807, 2.05) is 0 Å². The highest BCUT2D eigenvalue weighted by molar-refractivity contribution is 5.80. The van der Waals surface area contributed by atoms with E-state index in [4.69, 9.17) is 11.5 Å². The SMILES string of the molecule is NC1=NC(N)(c2ccc(C(F)(F)F)cc2)C=CN1. The van der Waals surface area contributed by atoms with Gasteiger partial charge in [0.15, 0.2) is 11.6 Å². The maximum atomic E-state index is 12.4. The van der Waals surface area contributed by atoms with Crippen molar-refractivity contribution in [3.63, 3.8) is 0 Å². The third-order valence-corrected chi connectivity index (χ3v) is 2.55. The molecule has 5 N–H and O–H groups in total. The summed E-state index contributed by atoms with van der Waals surface area (Å²) in [5.74, 6) is 0.111. The van der Waals surface area contributed by atoms with Crippen molar-refractivity contribution in [2.75, 3.05) is 0 Å². The molecule has 1 heterocycles. The lowest BCUT2D eigenvalue weighted by Crippen LogP contribution is -2.42. The molecule has 0 bridgehead atoms. The molecule has 18 heavy (non-hydrogen) atoms. The molecule has 0 amide bonds. The van der Waals surface area contributed by atoms with Crippen molar-refractivity contribution in [3.8, 4) is 0 Å². The first-order valence-electron chi connectivity index (χ1n) is 5.07. The van der Waals surface area contributed by atoms with Gasteiger partial charge in [-0.25, -0.2) is 4.99 Å². The lowest BCUT2D eigenvalue weighted by Gasteiger charge is -2.25. The summed E-state index contributed by atoms with van der Waals surface area (Å²) in [6.07, 6.45) is -1.35. The van der Waals surface area contributed by atoms with Gasteiger partial charge in [0.1, 0.15) is 0 Å². The molecular weight excluding hydrogens is 245 g/mol. The number of nitrogens with two attached hydrogens (primary N) is 2. The lowest BCUT2D eigenvalue weighted by atomic mass is 9.98. The van der Waals surface area contributed by atoms with Gasteiger partial charge in [0, 0.05) is 6.20 Å². The van der Waals surface area contributed by atoms with Crippen LogP contribution in [0.2, 0.25) is 0 Å². The van der Waals surface area contributed by atoms with E-state index in [-0.39, 0.29) is 5.96 Å². The fourth-order valence-electron chi connectivity index (χ4n) is 1.61. The van der Waals surface area contributed by atoms with E-state index in [1.165, 1.54) is 24.4 Å². The highest BCUT2D eigenvalue weighted by Crippen LogP contribution is 2.31. The van der Waals surface area contributed by atoms with Crippen LogP contribution in [-0.2, 0) is 11.8 Å². The number of hydrogen-bond donors (Lipinski definition) is 3. The van der Waals surface area contributed by atoms with Gasteiger partial charge in [-0.2, -0.15) is 13.2 Å². The van der Waals surface area contributed by atoms with Crippen molar-refractivity contribution in [3.05, 3.63) is 47.7 Å². The van der Waals surface area contributed by atoms with E-state index in [1.54, 1.807) is 0 Å². The Morgan fingerprint density at radius 1 is 1.17 bits per heavy atom. The predicted molar refractivity (Wildman–Crippen MR) is 61.2 cm³/mol. The number of nitrogens with zero attached hydrogens (tertiary/aromatic N) is 1. The molecule has 0 aliphatic carbocycles. The number of hydrogen-bond acceptors (Lipinski definition) is 4. The molecule has 1 aromatic rings. The summed E-state index contributed by atoms with van der Waals surface area (Å²) in [7, 11) is 0.